The molecule has 0 aromatic heterocycles. The molecule has 1 aromatic rings. The van der Waals surface area contributed by atoms with Crippen molar-refractivity contribution in [1.29, 1.82) is 0 Å². The number of terminal acetylenes is 1. The first-order chi connectivity index (χ1) is 8.07. The van der Waals surface area contributed by atoms with Gasteiger partial charge in [0.15, 0.2) is 0 Å². The second-order valence-electron chi connectivity index (χ2n) is 3.35. The molecule has 1 heterocycles. The molecule has 0 N–H and O–H groups in total. The van der Waals surface area contributed by atoms with Gasteiger partial charge in [0.25, 0.3) is 11.5 Å². The normalized spacial score (nSPS) is 13.5. The number of carbonyl (C=O) groups is 2. The molecule has 0 saturated carbocycles. The summed E-state index contributed by atoms with van der Waals surface area (Å²) in [5.74, 6) is 0.520. The molecule has 0 radical (unpaired) electrons. The second kappa shape index (κ2) is 3.72. The van der Waals surface area contributed by atoms with E-state index in [9.17, 15) is 19.7 Å². The van der Waals surface area contributed by atoms with Gasteiger partial charge in [0.05, 0.1) is 17.2 Å². The number of nitro groups is 1. The topological polar surface area (TPSA) is 80.5 Å². The fourth-order valence-corrected chi connectivity index (χ4v) is 1.73. The Morgan fingerprint density at radius 1 is 1.41 bits per heavy atom. The van der Waals surface area contributed by atoms with Crippen LogP contribution in [-0.4, -0.2) is 23.2 Å². The summed E-state index contributed by atoms with van der Waals surface area (Å²) >= 11 is 0. The minimum Gasteiger partial charge on any atom is -0.293 e. The van der Waals surface area contributed by atoms with Crippen LogP contribution in [0, 0.1) is 22.5 Å². The Bertz CT molecular complexity index is 586. The lowest BCUT2D eigenvalue weighted by molar-refractivity contribution is -0.385. The number of ketones is 1. The van der Waals surface area contributed by atoms with Gasteiger partial charge in [0.2, 0.25) is 0 Å². The predicted octanol–water partition coefficient (Wildman–Crippen LogP) is 0.757. The lowest BCUT2D eigenvalue weighted by atomic mass is 10.1. The van der Waals surface area contributed by atoms with Crippen molar-refractivity contribution in [2.45, 2.75) is 0 Å². The monoisotopic (exact) mass is 230 g/mol. The summed E-state index contributed by atoms with van der Waals surface area (Å²) in [6.45, 7) is -0.0846. The van der Waals surface area contributed by atoms with Gasteiger partial charge >= 0.3 is 5.91 Å². The molecule has 0 fully saturated rings. The molecule has 0 saturated heterocycles. The van der Waals surface area contributed by atoms with Crippen molar-refractivity contribution in [3.63, 3.8) is 0 Å². The maximum atomic E-state index is 11.6. The van der Waals surface area contributed by atoms with E-state index in [1.54, 1.807) is 0 Å². The summed E-state index contributed by atoms with van der Waals surface area (Å²) < 4.78 is 0. The number of nitro benzene ring substituents is 1. The van der Waals surface area contributed by atoms with Crippen LogP contribution in [0.15, 0.2) is 18.2 Å². The lowest BCUT2D eigenvalue weighted by Crippen LogP contribution is -2.29. The van der Waals surface area contributed by atoms with Gasteiger partial charge in [0, 0.05) is 6.07 Å². The van der Waals surface area contributed by atoms with Gasteiger partial charge in [-0.1, -0.05) is 12.0 Å². The Kier molecular flexibility index (Phi) is 2.37. The predicted molar refractivity (Wildman–Crippen MR) is 58.6 cm³/mol. The van der Waals surface area contributed by atoms with Crippen LogP contribution in [0.25, 0.3) is 0 Å². The Morgan fingerprint density at radius 3 is 2.71 bits per heavy atom. The van der Waals surface area contributed by atoms with Gasteiger partial charge in [0.1, 0.15) is 5.56 Å². The van der Waals surface area contributed by atoms with Crippen molar-refractivity contribution in [2.24, 2.45) is 0 Å². The minimum atomic E-state index is -0.887. The number of nitrogens with zero attached hydrogens (tertiary/aromatic N) is 2. The highest BCUT2D eigenvalue weighted by atomic mass is 16.6. The number of rotatable bonds is 2. The zero-order valence-electron chi connectivity index (χ0n) is 8.54. The highest BCUT2D eigenvalue weighted by Gasteiger charge is 2.40. The molecule has 6 heteroatoms. The Labute approximate surface area is 96.0 Å². The van der Waals surface area contributed by atoms with Crippen molar-refractivity contribution in [3.8, 4) is 12.3 Å². The molecule has 84 valence electrons. The Hall–Kier alpha value is -2.68. The zero-order chi connectivity index (χ0) is 12.6. The molecular formula is C11H6N2O4. The van der Waals surface area contributed by atoms with Crippen LogP contribution in [-0.2, 0) is 4.79 Å². The van der Waals surface area contributed by atoms with Crippen LogP contribution in [0.5, 0.6) is 0 Å². The molecule has 0 aliphatic carbocycles. The fraction of sp³-hybridized carbons (Fsp3) is 0.0909. The van der Waals surface area contributed by atoms with E-state index in [2.05, 4.69) is 5.92 Å². The fourth-order valence-electron chi connectivity index (χ4n) is 1.73. The molecule has 1 aromatic carbocycles. The number of hydrogen-bond donors (Lipinski definition) is 0. The maximum Gasteiger partial charge on any atom is 0.300 e. The average molecular weight is 230 g/mol. The number of anilines is 1. The van der Waals surface area contributed by atoms with Gasteiger partial charge in [-0.05, 0) is 6.07 Å². The number of amides is 1. The average Bonchev–Trinajstić information content (AvgIpc) is 2.55. The highest BCUT2D eigenvalue weighted by molar-refractivity contribution is 6.53. The number of Topliss-reactive ketones (excluding diaryl/α,β-unsaturated/α-hetero) is 1. The smallest absolute Gasteiger partial charge is 0.293 e. The standard InChI is InChI=1S/C11H6N2O4/c1-2-6-12-7-4-3-5-8(13(16)17)9(7)10(14)11(12)15/h1,3-5H,6H2. The van der Waals surface area contributed by atoms with E-state index in [4.69, 9.17) is 6.42 Å². The minimum absolute atomic E-state index is 0.0846. The highest BCUT2D eigenvalue weighted by Crippen LogP contribution is 2.34. The summed E-state index contributed by atoms with van der Waals surface area (Å²) in [7, 11) is 0. The van der Waals surface area contributed by atoms with Crippen molar-refractivity contribution >= 4 is 23.1 Å². The summed E-state index contributed by atoms with van der Waals surface area (Å²) in [6, 6.07) is 4.05. The quantitative estimate of drug-likeness (QED) is 0.325. The first-order valence-electron chi connectivity index (χ1n) is 4.65. The van der Waals surface area contributed by atoms with Gasteiger partial charge in [-0.25, -0.2) is 0 Å². The third-order valence-corrected chi connectivity index (χ3v) is 2.42. The van der Waals surface area contributed by atoms with Crippen LogP contribution < -0.4 is 4.90 Å². The van der Waals surface area contributed by atoms with Crippen LogP contribution >= 0.6 is 0 Å². The van der Waals surface area contributed by atoms with Gasteiger partial charge in [-0.3, -0.25) is 24.6 Å². The summed E-state index contributed by atoms with van der Waals surface area (Å²) in [6.07, 6.45) is 5.08. The SMILES string of the molecule is C#CCN1C(=O)C(=O)c2c1cccc2[N+](=O)[O-]. The van der Waals surface area contributed by atoms with Gasteiger partial charge in [-0.15, -0.1) is 6.42 Å². The Morgan fingerprint density at radius 2 is 2.12 bits per heavy atom. The number of benzene rings is 1. The van der Waals surface area contributed by atoms with Gasteiger partial charge in [-0.2, -0.15) is 0 Å². The largest absolute Gasteiger partial charge is 0.300 e. The second-order valence-corrected chi connectivity index (χ2v) is 3.35. The maximum absolute atomic E-state index is 11.6. The van der Waals surface area contributed by atoms with Crippen molar-refractivity contribution in [3.05, 3.63) is 33.9 Å². The van der Waals surface area contributed by atoms with Gasteiger partial charge < -0.3 is 0 Å². The van der Waals surface area contributed by atoms with Crippen LogP contribution in [0.3, 0.4) is 0 Å². The van der Waals surface area contributed by atoms with E-state index in [-0.39, 0.29) is 23.5 Å². The molecule has 0 spiro atoms. The molecule has 17 heavy (non-hydrogen) atoms. The molecule has 0 bridgehead atoms. The van der Waals surface area contributed by atoms with E-state index in [0.29, 0.717) is 0 Å². The van der Waals surface area contributed by atoms with E-state index in [1.807, 2.05) is 0 Å². The molecular weight excluding hydrogens is 224 g/mol. The van der Waals surface area contributed by atoms with Crippen molar-refractivity contribution < 1.29 is 14.5 Å². The zero-order valence-corrected chi connectivity index (χ0v) is 8.54. The first kappa shape index (κ1) is 10.8. The van der Waals surface area contributed by atoms with Crippen LogP contribution in [0.4, 0.5) is 11.4 Å². The third-order valence-electron chi connectivity index (χ3n) is 2.42. The summed E-state index contributed by atoms with van der Waals surface area (Å²) in [4.78, 5) is 34.4. The molecule has 2 rings (SSSR count). The molecule has 1 amide bonds. The third kappa shape index (κ3) is 1.45. The Balaban J connectivity index is 2.66. The van der Waals surface area contributed by atoms with Crippen molar-refractivity contribution in [2.75, 3.05) is 11.4 Å². The number of hydrogen-bond acceptors (Lipinski definition) is 4. The first-order valence-corrected chi connectivity index (χ1v) is 4.65. The molecule has 6 nitrogen and oxygen atoms in total. The van der Waals surface area contributed by atoms with Crippen LogP contribution in [0.2, 0.25) is 0 Å². The van der Waals surface area contributed by atoms with Crippen molar-refractivity contribution in [1.82, 2.24) is 0 Å². The summed E-state index contributed by atoms with van der Waals surface area (Å²) in [5, 5.41) is 10.8. The van der Waals surface area contributed by atoms with E-state index in [0.717, 1.165) is 4.90 Å². The molecule has 1 aliphatic heterocycles. The number of carbonyl (C=O) groups excluding carboxylic acids is 2. The number of fused-ring (bicyclic) bond motifs is 1. The van der Waals surface area contributed by atoms with E-state index in [1.165, 1.54) is 18.2 Å². The van der Waals surface area contributed by atoms with E-state index < -0.39 is 16.6 Å². The molecule has 0 unspecified atom stereocenters. The van der Waals surface area contributed by atoms with Crippen LogP contribution in [0.1, 0.15) is 10.4 Å². The molecule has 1 aliphatic rings. The summed E-state index contributed by atoms with van der Waals surface area (Å²) in [5.41, 5.74) is -0.356. The lowest BCUT2D eigenvalue weighted by Gasteiger charge is -2.11. The van der Waals surface area contributed by atoms with E-state index >= 15 is 0 Å². The molecule has 0 atom stereocenters.